The molecule has 0 N–H and O–H groups in total. The fraction of sp³-hybridized carbons (Fsp3) is 0.161. The number of aryl methyl sites for hydroxylation is 1. The maximum absolute atomic E-state index is 14.9. The van der Waals surface area contributed by atoms with Crippen LogP contribution in [-0.4, -0.2) is 6.43 Å². The summed E-state index contributed by atoms with van der Waals surface area (Å²) in [6, 6.07) is 17.4. The van der Waals surface area contributed by atoms with Crippen LogP contribution in [0.1, 0.15) is 24.5 Å². The van der Waals surface area contributed by atoms with Crippen molar-refractivity contribution in [3.05, 3.63) is 120 Å². The third kappa shape index (κ3) is 6.83. The van der Waals surface area contributed by atoms with Crippen molar-refractivity contribution in [2.45, 2.75) is 32.3 Å². The van der Waals surface area contributed by atoms with Crippen molar-refractivity contribution >= 4 is 0 Å². The fourth-order valence-corrected chi connectivity index (χ4v) is 4.01. The van der Waals surface area contributed by atoms with Gasteiger partial charge in [0.15, 0.2) is 17.4 Å². The summed E-state index contributed by atoms with van der Waals surface area (Å²) in [6.45, 7) is 2.05. The topological polar surface area (TPSA) is 18.5 Å². The van der Waals surface area contributed by atoms with Gasteiger partial charge in [0.05, 0.1) is 11.8 Å². The highest BCUT2D eigenvalue weighted by molar-refractivity contribution is 5.66. The molecule has 40 heavy (non-hydrogen) atoms. The second-order valence-corrected chi connectivity index (χ2v) is 8.83. The van der Waals surface area contributed by atoms with Gasteiger partial charge in [-0.1, -0.05) is 55.8 Å². The summed E-state index contributed by atoms with van der Waals surface area (Å²) in [5, 5.41) is 0. The standard InChI is InChI=1S/C31H23F7O2/c1-2-3-19-4-6-20(7-5-19)22-10-13-25(26(32)16-22)31(37,38)40-24-11-8-21(9-12-24)23-17-27(33)30(28(34)18-23)39-15-14-29(35)36/h4-18,29H,2-3H2,1H3. The van der Waals surface area contributed by atoms with Crippen LogP contribution in [0.15, 0.2) is 91.2 Å². The van der Waals surface area contributed by atoms with Crippen molar-refractivity contribution in [2.75, 3.05) is 0 Å². The molecule has 0 radical (unpaired) electrons. The molecule has 0 saturated heterocycles. The third-order valence-electron chi connectivity index (χ3n) is 5.95. The molecule has 0 spiro atoms. The molecule has 4 aromatic carbocycles. The molecule has 0 aliphatic carbocycles. The van der Waals surface area contributed by atoms with Crippen LogP contribution in [0.3, 0.4) is 0 Å². The third-order valence-corrected chi connectivity index (χ3v) is 5.95. The number of ether oxygens (including phenoxy) is 2. The summed E-state index contributed by atoms with van der Waals surface area (Å²) >= 11 is 0. The van der Waals surface area contributed by atoms with Gasteiger partial charge in [0.1, 0.15) is 11.6 Å². The first-order valence-corrected chi connectivity index (χ1v) is 12.2. The van der Waals surface area contributed by atoms with Crippen LogP contribution in [0.4, 0.5) is 30.7 Å². The van der Waals surface area contributed by atoms with Crippen molar-refractivity contribution < 1.29 is 40.2 Å². The Morgan fingerprint density at radius 1 is 0.725 bits per heavy atom. The first-order chi connectivity index (χ1) is 19.1. The zero-order chi connectivity index (χ0) is 28.9. The van der Waals surface area contributed by atoms with Crippen molar-refractivity contribution in [3.8, 4) is 33.8 Å². The van der Waals surface area contributed by atoms with Crippen LogP contribution in [0.5, 0.6) is 11.5 Å². The van der Waals surface area contributed by atoms with E-state index in [4.69, 9.17) is 4.74 Å². The van der Waals surface area contributed by atoms with Gasteiger partial charge in [-0.3, -0.25) is 0 Å². The van der Waals surface area contributed by atoms with Crippen LogP contribution in [0.25, 0.3) is 22.3 Å². The second kappa shape index (κ2) is 12.3. The smallest absolute Gasteiger partial charge is 0.429 e. The van der Waals surface area contributed by atoms with Crippen molar-refractivity contribution in [1.29, 1.82) is 0 Å². The molecule has 0 atom stereocenters. The Morgan fingerprint density at radius 2 is 1.27 bits per heavy atom. The Hall–Kier alpha value is -4.27. The normalized spacial score (nSPS) is 11.8. The molecule has 0 heterocycles. The largest absolute Gasteiger partial charge is 0.459 e. The van der Waals surface area contributed by atoms with Crippen LogP contribution < -0.4 is 9.47 Å². The van der Waals surface area contributed by atoms with Crippen LogP contribution >= 0.6 is 0 Å². The zero-order valence-corrected chi connectivity index (χ0v) is 21.1. The van der Waals surface area contributed by atoms with Gasteiger partial charge in [0, 0.05) is 6.08 Å². The van der Waals surface area contributed by atoms with E-state index >= 15 is 0 Å². The van der Waals surface area contributed by atoms with E-state index in [2.05, 4.69) is 11.7 Å². The van der Waals surface area contributed by atoms with Crippen molar-refractivity contribution in [2.24, 2.45) is 0 Å². The molecule has 0 saturated carbocycles. The summed E-state index contributed by atoms with van der Waals surface area (Å²) in [4.78, 5) is 0. The van der Waals surface area contributed by atoms with E-state index in [1.54, 1.807) is 12.1 Å². The lowest BCUT2D eigenvalue weighted by Crippen LogP contribution is -2.23. The average Bonchev–Trinajstić information content (AvgIpc) is 2.90. The molecule has 208 valence electrons. The molecule has 0 aliphatic heterocycles. The molecule has 0 unspecified atom stereocenters. The molecular formula is C31H23F7O2. The minimum absolute atomic E-state index is 0.0304. The van der Waals surface area contributed by atoms with Crippen molar-refractivity contribution in [3.63, 3.8) is 0 Å². The Morgan fingerprint density at radius 3 is 1.85 bits per heavy atom. The molecule has 0 aliphatic rings. The van der Waals surface area contributed by atoms with Gasteiger partial charge >= 0.3 is 6.11 Å². The van der Waals surface area contributed by atoms with Gasteiger partial charge in [-0.05, 0) is 70.6 Å². The lowest BCUT2D eigenvalue weighted by Gasteiger charge is -2.19. The van der Waals surface area contributed by atoms with Gasteiger partial charge in [0.25, 0.3) is 6.43 Å². The lowest BCUT2D eigenvalue weighted by atomic mass is 10.0. The Kier molecular flexibility index (Phi) is 8.82. The molecule has 0 amide bonds. The van der Waals surface area contributed by atoms with Crippen LogP contribution in [0.2, 0.25) is 0 Å². The summed E-state index contributed by atoms with van der Waals surface area (Å²) in [5.41, 5.74) is 1.55. The van der Waals surface area contributed by atoms with E-state index in [0.29, 0.717) is 23.5 Å². The molecule has 0 aromatic heterocycles. The predicted molar refractivity (Wildman–Crippen MR) is 138 cm³/mol. The Bertz CT molecular complexity index is 1460. The van der Waals surface area contributed by atoms with Gasteiger partial charge in [0.2, 0.25) is 0 Å². The summed E-state index contributed by atoms with van der Waals surface area (Å²) in [5.74, 6) is -4.65. The highest BCUT2D eigenvalue weighted by Crippen LogP contribution is 2.36. The van der Waals surface area contributed by atoms with E-state index in [1.807, 2.05) is 12.1 Å². The highest BCUT2D eigenvalue weighted by atomic mass is 19.3. The molecule has 4 aromatic rings. The molecule has 0 bridgehead atoms. The van der Waals surface area contributed by atoms with Crippen LogP contribution in [-0.2, 0) is 12.5 Å². The molecule has 2 nitrogen and oxygen atoms in total. The van der Waals surface area contributed by atoms with Gasteiger partial charge in [-0.2, -0.15) is 8.78 Å². The highest BCUT2D eigenvalue weighted by Gasteiger charge is 2.37. The average molecular weight is 561 g/mol. The predicted octanol–water partition coefficient (Wildman–Crippen LogP) is 9.68. The number of benzene rings is 4. The SMILES string of the molecule is CCCc1ccc(-c2ccc(C(F)(F)Oc3ccc(-c4cc(F)c(OC=CC(F)F)c(F)c4)cc3)c(F)c2)cc1. The zero-order valence-electron chi connectivity index (χ0n) is 21.1. The molecule has 4 rings (SSSR count). The second-order valence-electron chi connectivity index (χ2n) is 8.83. The number of halogens is 7. The summed E-state index contributed by atoms with van der Waals surface area (Å²) < 4.78 is 107. The maximum atomic E-state index is 14.9. The minimum atomic E-state index is -4.02. The molecular weight excluding hydrogens is 537 g/mol. The maximum Gasteiger partial charge on any atom is 0.429 e. The quantitative estimate of drug-likeness (QED) is 0.142. The first kappa shape index (κ1) is 28.7. The first-order valence-electron chi connectivity index (χ1n) is 12.2. The van der Waals surface area contributed by atoms with Gasteiger partial charge in [-0.25, -0.2) is 22.0 Å². The van der Waals surface area contributed by atoms with Crippen LogP contribution in [0, 0.1) is 17.5 Å². The van der Waals surface area contributed by atoms with Gasteiger partial charge < -0.3 is 9.47 Å². The molecule has 0 fully saturated rings. The number of rotatable bonds is 10. The Balaban J connectivity index is 1.48. The van der Waals surface area contributed by atoms with Gasteiger partial charge in [-0.15, -0.1) is 0 Å². The van der Waals surface area contributed by atoms with E-state index in [0.717, 1.165) is 54.8 Å². The lowest BCUT2D eigenvalue weighted by molar-refractivity contribution is -0.187. The summed E-state index contributed by atoms with van der Waals surface area (Å²) in [7, 11) is 0. The van der Waals surface area contributed by atoms with E-state index < -0.39 is 41.3 Å². The van der Waals surface area contributed by atoms with E-state index in [-0.39, 0.29) is 16.9 Å². The number of hydrogen-bond donors (Lipinski definition) is 0. The number of hydrogen-bond acceptors (Lipinski definition) is 2. The Labute approximate surface area is 226 Å². The van der Waals surface area contributed by atoms with Crippen molar-refractivity contribution in [1.82, 2.24) is 0 Å². The number of allylic oxidation sites excluding steroid dienone is 1. The monoisotopic (exact) mass is 560 g/mol. The summed E-state index contributed by atoms with van der Waals surface area (Å²) in [6.07, 6.45) is -4.21. The molecule has 9 heteroatoms. The van der Waals surface area contributed by atoms with E-state index in [1.165, 1.54) is 18.2 Å². The fourth-order valence-electron chi connectivity index (χ4n) is 4.01. The number of alkyl halides is 4. The van der Waals surface area contributed by atoms with E-state index in [9.17, 15) is 30.7 Å². The minimum Gasteiger partial charge on any atom is -0.459 e.